The Kier molecular flexibility index (Phi) is 7.77. The standard InChI is InChI=1S/C21H22O7/c1-3-25-9-11-27-15-5-7-17(19(22)13-15)21(24)18-8-6-16(14-20(18)23)28-12-10-26-4-2/h3-8,13-14,22-23H,1-2,9-12H2. The molecule has 2 rings (SSSR count). The van der Waals surface area contributed by atoms with Gasteiger partial charge in [0.1, 0.15) is 49.4 Å². The molecule has 0 heterocycles. The van der Waals surface area contributed by atoms with Crippen LogP contribution in [0.2, 0.25) is 0 Å². The summed E-state index contributed by atoms with van der Waals surface area (Å²) in [7, 11) is 0. The van der Waals surface area contributed by atoms with Gasteiger partial charge in [0.2, 0.25) is 0 Å². The van der Waals surface area contributed by atoms with E-state index < -0.39 is 5.78 Å². The average Bonchev–Trinajstić information content (AvgIpc) is 2.68. The summed E-state index contributed by atoms with van der Waals surface area (Å²) in [5, 5.41) is 20.3. The van der Waals surface area contributed by atoms with Crippen LogP contribution in [0.15, 0.2) is 62.1 Å². The number of hydrogen-bond acceptors (Lipinski definition) is 7. The molecular formula is C21H22O7. The van der Waals surface area contributed by atoms with E-state index in [4.69, 9.17) is 18.9 Å². The molecule has 2 aromatic rings. The number of hydrogen-bond donors (Lipinski definition) is 2. The van der Waals surface area contributed by atoms with Gasteiger partial charge in [-0.1, -0.05) is 13.2 Å². The van der Waals surface area contributed by atoms with Crippen molar-refractivity contribution >= 4 is 5.78 Å². The Morgan fingerprint density at radius 1 is 0.786 bits per heavy atom. The second kappa shape index (κ2) is 10.5. The SMILES string of the molecule is C=COCCOc1ccc(C(=O)c2ccc(OCCOC=C)cc2O)c(O)c1. The smallest absolute Gasteiger partial charge is 0.200 e. The summed E-state index contributed by atoms with van der Waals surface area (Å²) >= 11 is 0. The molecule has 2 aromatic carbocycles. The van der Waals surface area contributed by atoms with Gasteiger partial charge in [-0.3, -0.25) is 4.79 Å². The Morgan fingerprint density at radius 3 is 1.57 bits per heavy atom. The third-order valence-corrected chi connectivity index (χ3v) is 3.60. The average molecular weight is 386 g/mol. The molecule has 0 unspecified atom stereocenters. The minimum Gasteiger partial charge on any atom is -0.507 e. The third-order valence-electron chi connectivity index (χ3n) is 3.60. The van der Waals surface area contributed by atoms with Crippen molar-refractivity contribution in [2.75, 3.05) is 26.4 Å². The Balaban J connectivity index is 2.06. The predicted molar refractivity (Wildman–Crippen MR) is 103 cm³/mol. The molecule has 0 amide bonds. The molecule has 7 heteroatoms. The molecule has 0 saturated carbocycles. The Morgan fingerprint density at radius 2 is 1.21 bits per heavy atom. The zero-order chi connectivity index (χ0) is 20.4. The van der Waals surface area contributed by atoms with Crippen LogP contribution in [0.3, 0.4) is 0 Å². The van der Waals surface area contributed by atoms with E-state index in [-0.39, 0.29) is 35.8 Å². The Hall–Kier alpha value is -3.61. The molecule has 0 saturated heterocycles. The van der Waals surface area contributed by atoms with Gasteiger partial charge in [0.25, 0.3) is 0 Å². The maximum atomic E-state index is 12.6. The number of phenolic OH excluding ortho intramolecular Hbond substituents is 2. The highest BCUT2D eigenvalue weighted by atomic mass is 16.5. The van der Waals surface area contributed by atoms with Crippen molar-refractivity contribution in [3.8, 4) is 23.0 Å². The van der Waals surface area contributed by atoms with E-state index >= 15 is 0 Å². The van der Waals surface area contributed by atoms with Gasteiger partial charge in [-0.2, -0.15) is 0 Å². The van der Waals surface area contributed by atoms with Crippen molar-refractivity contribution in [2.24, 2.45) is 0 Å². The molecule has 0 spiro atoms. The molecule has 0 fully saturated rings. The molecule has 0 aliphatic heterocycles. The largest absolute Gasteiger partial charge is 0.507 e. The summed E-state index contributed by atoms with van der Waals surface area (Å²) in [4.78, 5) is 12.6. The van der Waals surface area contributed by atoms with E-state index in [1.165, 1.54) is 36.8 Å². The molecule has 28 heavy (non-hydrogen) atoms. The van der Waals surface area contributed by atoms with E-state index in [1.54, 1.807) is 12.1 Å². The van der Waals surface area contributed by atoms with E-state index in [0.717, 1.165) is 0 Å². The lowest BCUT2D eigenvalue weighted by Gasteiger charge is -2.11. The fraction of sp³-hybridized carbons (Fsp3) is 0.190. The molecule has 0 bridgehead atoms. The van der Waals surface area contributed by atoms with Gasteiger partial charge in [0, 0.05) is 12.1 Å². The number of rotatable bonds is 12. The summed E-state index contributed by atoms with van der Waals surface area (Å²) in [6, 6.07) is 8.62. The van der Waals surface area contributed by atoms with Gasteiger partial charge in [-0.15, -0.1) is 0 Å². The zero-order valence-corrected chi connectivity index (χ0v) is 15.3. The molecular weight excluding hydrogens is 364 g/mol. The predicted octanol–water partition coefficient (Wildman–Crippen LogP) is 3.41. The van der Waals surface area contributed by atoms with Crippen LogP contribution in [-0.2, 0) is 9.47 Å². The van der Waals surface area contributed by atoms with Crippen LogP contribution in [0.4, 0.5) is 0 Å². The number of ketones is 1. The minimum absolute atomic E-state index is 0.0399. The number of aromatic hydroxyl groups is 2. The highest BCUT2D eigenvalue weighted by Gasteiger charge is 2.18. The van der Waals surface area contributed by atoms with Crippen molar-refractivity contribution < 1.29 is 34.0 Å². The zero-order valence-electron chi connectivity index (χ0n) is 15.3. The number of benzene rings is 2. The lowest BCUT2D eigenvalue weighted by molar-refractivity contribution is 0.103. The normalized spacial score (nSPS) is 10.0. The van der Waals surface area contributed by atoms with E-state index in [0.29, 0.717) is 24.7 Å². The highest BCUT2D eigenvalue weighted by molar-refractivity contribution is 6.12. The van der Waals surface area contributed by atoms with E-state index in [1.807, 2.05) is 0 Å². The third kappa shape index (κ3) is 5.70. The van der Waals surface area contributed by atoms with Gasteiger partial charge in [-0.25, -0.2) is 0 Å². The van der Waals surface area contributed by atoms with Crippen molar-refractivity contribution in [3.63, 3.8) is 0 Å². The molecule has 148 valence electrons. The second-order valence-corrected chi connectivity index (χ2v) is 5.46. The van der Waals surface area contributed by atoms with Crippen molar-refractivity contribution in [1.82, 2.24) is 0 Å². The first-order chi connectivity index (χ1) is 13.6. The first-order valence-corrected chi connectivity index (χ1v) is 8.48. The first kappa shape index (κ1) is 20.7. The summed E-state index contributed by atoms with van der Waals surface area (Å²) in [5.41, 5.74) is 0.0797. The van der Waals surface area contributed by atoms with Gasteiger partial charge >= 0.3 is 0 Å². The van der Waals surface area contributed by atoms with Gasteiger partial charge in [-0.05, 0) is 24.3 Å². The fourth-order valence-corrected chi connectivity index (χ4v) is 2.31. The Bertz CT molecular complexity index is 762. The monoisotopic (exact) mass is 386 g/mol. The van der Waals surface area contributed by atoms with Crippen LogP contribution in [0.1, 0.15) is 15.9 Å². The van der Waals surface area contributed by atoms with Gasteiger partial charge in [0.05, 0.1) is 23.7 Å². The van der Waals surface area contributed by atoms with E-state index in [2.05, 4.69) is 13.2 Å². The lowest BCUT2D eigenvalue weighted by Crippen LogP contribution is -2.06. The maximum Gasteiger partial charge on any atom is 0.200 e. The summed E-state index contributed by atoms with van der Waals surface area (Å²) < 4.78 is 20.7. The molecule has 0 aromatic heterocycles. The number of phenols is 2. The van der Waals surface area contributed by atoms with Crippen molar-refractivity contribution in [3.05, 3.63) is 73.2 Å². The number of carbonyl (C=O) groups is 1. The fourth-order valence-electron chi connectivity index (χ4n) is 2.31. The summed E-state index contributed by atoms with van der Waals surface area (Å²) in [6.07, 6.45) is 2.61. The van der Waals surface area contributed by atoms with Crippen LogP contribution in [-0.4, -0.2) is 42.4 Å². The van der Waals surface area contributed by atoms with Crippen LogP contribution in [0.25, 0.3) is 0 Å². The van der Waals surface area contributed by atoms with Crippen LogP contribution in [0.5, 0.6) is 23.0 Å². The van der Waals surface area contributed by atoms with Crippen LogP contribution < -0.4 is 9.47 Å². The number of ether oxygens (including phenoxy) is 4. The van der Waals surface area contributed by atoms with Crippen LogP contribution >= 0.6 is 0 Å². The maximum absolute atomic E-state index is 12.6. The van der Waals surface area contributed by atoms with Crippen molar-refractivity contribution in [2.45, 2.75) is 0 Å². The minimum atomic E-state index is -0.530. The number of carbonyl (C=O) groups excluding carboxylic acids is 1. The highest BCUT2D eigenvalue weighted by Crippen LogP contribution is 2.30. The summed E-state index contributed by atoms with van der Waals surface area (Å²) in [5.74, 6) is -0.271. The molecule has 0 aliphatic carbocycles. The quantitative estimate of drug-likeness (QED) is 0.328. The molecule has 0 radical (unpaired) electrons. The van der Waals surface area contributed by atoms with E-state index in [9.17, 15) is 15.0 Å². The lowest BCUT2D eigenvalue weighted by atomic mass is 10.0. The van der Waals surface area contributed by atoms with Gasteiger partial charge in [0.15, 0.2) is 5.78 Å². The van der Waals surface area contributed by atoms with Crippen LogP contribution in [0, 0.1) is 0 Å². The topological polar surface area (TPSA) is 94.5 Å². The summed E-state index contributed by atoms with van der Waals surface area (Å²) in [6.45, 7) is 7.99. The molecule has 7 nitrogen and oxygen atoms in total. The second-order valence-electron chi connectivity index (χ2n) is 5.46. The molecule has 2 N–H and O–H groups in total. The molecule has 0 atom stereocenters. The molecule has 0 aliphatic rings. The first-order valence-electron chi connectivity index (χ1n) is 8.48. The van der Waals surface area contributed by atoms with Gasteiger partial charge < -0.3 is 29.2 Å². The Labute approximate surface area is 163 Å². The van der Waals surface area contributed by atoms with Crippen molar-refractivity contribution in [1.29, 1.82) is 0 Å².